The lowest BCUT2D eigenvalue weighted by Crippen LogP contribution is -2.57. The molecule has 3 unspecified atom stereocenters. The number of hydrogen-bond acceptors (Lipinski definition) is 1. The molecule has 2 N–H and O–H groups in total. The maximum Gasteiger partial charge on any atom is -0.00178 e. The molecule has 92 valence electrons. The van der Waals surface area contributed by atoms with Crippen LogP contribution in [0.15, 0.2) is 0 Å². The van der Waals surface area contributed by atoms with E-state index in [2.05, 4.69) is 13.8 Å². The van der Waals surface area contributed by atoms with E-state index in [9.17, 15) is 0 Å². The summed E-state index contributed by atoms with van der Waals surface area (Å²) in [6.07, 6.45) is 10.2. The number of fused-ring (bicyclic) bond motifs is 2. The Morgan fingerprint density at radius 2 is 1.75 bits per heavy atom. The molecule has 0 saturated heterocycles. The largest absolute Gasteiger partial charge is 0.330 e. The smallest absolute Gasteiger partial charge is 0.00178 e. The predicted octanol–water partition coefficient (Wildman–Crippen LogP) is 3.58. The van der Waals surface area contributed by atoms with E-state index >= 15 is 0 Å². The van der Waals surface area contributed by atoms with Crippen LogP contribution in [-0.4, -0.2) is 6.54 Å². The Bertz CT molecular complexity index is 273. The zero-order chi connectivity index (χ0) is 11.4. The predicted molar refractivity (Wildman–Crippen MR) is 68.1 cm³/mol. The number of rotatable bonds is 2. The molecule has 0 radical (unpaired) electrons. The van der Waals surface area contributed by atoms with E-state index in [0.29, 0.717) is 10.8 Å². The molecule has 3 atom stereocenters. The molecule has 1 nitrogen and oxygen atoms in total. The van der Waals surface area contributed by atoms with E-state index < -0.39 is 0 Å². The zero-order valence-electron chi connectivity index (χ0n) is 11.0. The maximum atomic E-state index is 6.17. The molecule has 0 heterocycles. The summed E-state index contributed by atoms with van der Waals surface area (Å²) in [5, 5.41) is 0. The van der Waals surface area contributed by atoms with Gasteiger partial charge in [0.25, 0.3) is 0 Å². The van der Waals surface area contributed by atoms with Crippen molar-refractivity contribution in [3.63, 3.8) is 0 Å². The van der Waals surface area contributed by atoms with E-state index in [4.69, 9.17) is 5.73 Å². The quantitative estimate of drug-likeness (QED) is 0.758. The minimum absolute atomic E-state index is 0.549. The van der Waals surface area contributed by atoms with E-state index in [1.165, 1.54) is 44.9 Å². The van der Waals surface area contributed by atoms with Crippen molar-refractivity contribution in [1.29, 1.82) is 0 Å². The van der Waals surface area contributed by atoms with Gasteiger partial charge in [0.15, 0.2) is 0 Å². The van der Waals surface area contributed by atoms with Crippen LogP contribution in [-0.2, 0) is 0 Å². The third kappa shape index (κ3) is 1.27. The van der Waals surface area contributed by atoms with Crippen LogP contribution in [0.4, 0.5) is 0 Å². The Kier molecular flexibility index (Phi) is 2.41. The second kappa shape index (κ2) is 3.48. The molecule has 4 fully saturated rings. The highest BCUT2D eigenvalue weighted by molar-refractivity contribution is 5.08. The third-order valence-corrected chi connectivity index (χ3v) is 6.65. The van der Waals surface area contributed by atoms with Crippen molar-refractivity contribution in [3.8, 4) is 0 Å². The molecule has 0 aliphatic heterocycles. The van der Waals surface area contributed by atoms with Gasteiger partial charge in [-0.3, -0.25) is 0 Å². The standard InChI is InChI=1S/C15H27N/c1-14(2)11-5-6-12(13(14)9-11)15(10-16)7-3-4-8-15/h11-13H,3-10,16H2,1-2H3. The molecule has 4 rings (SSSR count). The highest BCUT2D eigenvalue weighted by Crippen LogP contribution is 2.66. The molecule has 4 aliphatic rings. The van der Waals surface area contributed by atoms with Crippen LogP contribution in [0.1, 0.15) is 58.8 Å². The average molecular weight is 221 g/mol. The first kappa shape index (κ1) is 11.1. The second-order valence-electron chi connectivity index (χ2n) is 7.32. The van der Waals surface area contributed by atoms with E-state index in [1.807, 2.05) is 0 Å². The highest BCUT2D eigenvalue weighted by Gasteiger charge is 2.59. The van der Waals surface area contributed by atoms with E-state index in [-0.39, 0.29) is 0 Å². The van der Waals surface area contributed by atoms with Gasteiger partial charge in [0, 0.05) is 0 Å². The lowest BCUT2D eigenvalue weighted by Gasteiger charge is -2.63. The Hall–Kier alpha value is -0.0400. The van der Waals surface area contributed by atoms with Crippen LogP contribution in [0.5, 0.6) is 0 Å². The molecule has 0 aromatic heterocycles. The van der Waals surface area contributed by atoms with Crippen molar-refractivity contribution in [2.24, 2.45) is 34.3 Å². The van der Waals surface area contributed by atoms with Gasteiger partial charge in [-0.2, -0.15) is 0 Å². The molecule has 16 heavy (non-hydrogen) atoms. The van der Waals surface area contributed by atoms with E-state index in [1.54, 1.807) is 0 Å². The summed E-state index contributed by atoms with van der Waals surface area (Å²) in [6.45, 7) is 5.98. The molecule has 1 heteroatoms. The van der Waals surface area contributed by atoms with Crippen LogP contribution in [0.25, 0.3) is 0 Å². The first-order valence-electron chi connectivity index (χ1n) is 7.30. The topological polar surface area (TPSA) is 26.0 Å². The Balaban J connectivity index is 1.84. The molecular weight excluding hydrogens is 194 g/mol. The van der Waals surface area contributed by atoms with Crippen molar-refractivity contribution < 1.29 is 0 Å². The fraction of sp³-hybridized carbons (Fsp3) is 1.00. The summed E-state index contributed by atoms with van der Waals surface area (Å²) < 4.78 is 0. The Labute approximate surface area is 100 Å². The average Bonchev–Trinajstić information content (AvgIpc) is 2.78. The fourth-order valence-corrected chi connectivity index (χ4v) is 5.35. The molecule has 0 spiro atoms. The van der Waals surface area contributed by atoms with Gasteiger partial charge in [0.05, 0.1) is 0 Å². The van der Waals surface area contributed by atoms with Crippen molar-refractivity contribution in [2.45, 2.75) is 58.8 Å². The van der Waals surface area contributed by atoms with Gasteiger partial charge in [0.2, 0.25) is 0 Å². The van der Waals surface area contributed by atoms with Gasteiger partial charge in [-0.05, 0) is 67.2 Å². The van der Waals surface area contributed by atoms with Gasteiger partial charge in [-0.25, -0.2) is 0 Å². The summed E-state index contributed by atoms with van der Waals surface area (Å²) in [5.74, 6) is 2.98. The fourth-order valence-electron chi connectivity index (χ4n) is 5.35. The molecule has 2 bridgehead atoms. The van der Waals surface area contributed by atoms with Crippen LogP contribution in [0.3, 0.4) is 0 Å². The second-order valence-corrected chi connectivity index (χ2v) is 7.32. The van der Waals surface area contributed by atoms with Gasteiger partial charge in [0.1, 0.15) is 0 Å². The lowest BCUT2D eigenvalue weighted by molar-refractivity contribution is -0.141. The summed E-state index contributed by atoms with van der Waals surface area (Å²) >= 11 is 0. The van der Waals surface area contributed by atoms with Crippen LogP contribution in [0, 0.1) is 28.6 Å². The van der Waals surface area contributed by atoms with Gasteiger partial charge < -0.3 is 5.73 Å². The minimum Gasteiger partial charge on any atom is -0.330 e. The van der Waals surface area contributed by atoms with Crippen LogP contribution in [0.2, 0.25) is 0 Å². The summed E-state index contributed by atoms with van der Waals surface area (Å²) in [4.78, 5) is 0. The first-order valence-corrected chi connectivity index (χ1v) is 7.30. The molecule has 0 aromatic rings. The molecule has 4 aliphatic carbocycles. The van der Waals surface area contributed by atoms with E-state index in [0.717, 1.165) is 24.3 Å². The summed E-state index contributed by atoms with van der Waals surface area (Å²) in [7, 11) is 0. The van der Waals surface area contributed by atoms with Crippen molar-refractivity contribution >= 4 is 0 Å². The van der Waals surface area contributed by atoms with Gasteiger partial charge in [-0.15, -0.1) is 0 Å². The Morgan fingerprint density at radius 3 is 2.25 bits per heavy atom. The van der Waals surface area contributed by atoms with Crippen molar-refractivity contribution in [3.05, 3.63) is 0 Å². The van der Waals surface area contributed by atoms with Gasteiger partial charge in [-0.1, -0.05) is 26.7 Å². The molecule has 0 aromatic carbocycles. The molecular formula is C15H27N. The van der Waals surface area contributed by atoms with Crippen molar-refractivity contribution in [1.82, 2.24) is 0 Å². The zero-order valence-corrected chi connectivity index (χ0v) is 11.0. The number of nitrogens with two attached hydrogens (primary N) is 1. The summed E-state index contributed by atoms with van der Waals surface area (Å²) in [6, 6.07) is 0. The summed E-state index contributed by atoms with van der Waals surface area (Å²) in [5.41, 5.74) is 7.35. The van der Waals surface area contributed by atoms with Crippen LogP contribution >= 0.6 is 0 Å². The monoisotopic (exact) mass is 221 g/mol. The Morgan fingerprint density at radius 1 is 1.06 bits per heavy atom. The molecule has 4 saturated carbocycles. The molecule has 0 amide bonds. The minimum atomic E-state index is 0.549. The van der Waals surface area contributed by atoms with Crippen LogP contribution < -0.4 is 5.73 Å². The first-order chi connectivity index (χ1) is 7.60. The maximum absolute atomic E-state index is 6.17. The SMILES string of the molecule is CC1(C)C2CCC(C3(CN)CCCC3)C1C2. The lowest BCUT2D eigenvalue weighted by atomic mass is 9.42. The highest BCUT2D eigenvalue weighted by atomic mass is 14.7. The van der Waals surface area contributed by atoms with Gasteiger partial charge >= 0.3 is 0 Å². The number of hydrogen-bond donors (Lipinski definition) is 1. The van der Waals surface area contributed by atoms with Crippen molar-refractivity contribution in [2.75, 3.05) is 6.54 Å². The third-order valence-electron chi connectivity index (χ3n) is 6.65. The normalized spacial score (nSPS) is 44.1.